The van der Waals surface area contributed by atoms with Gasteiger partial charge in [0.1, 0.15) is 18.1 Å². The van der Waals surface area contributed by atoms with E-state index in [0.29, 0.717) is 24.9 Å². The first-order chi connectivity index (χ1) is 13.1. The number of hydrogen-bond acceptors (Lipinski definition) is 4. The molecule has 0 atom stereocenters. The molecule has 0 aliphatic heterocycles. The van der Waals surface area contributed by atoms with Crippen LogP contribution >= 0.6 is 0 Å². The van der Waals surface area contributed by atoms with Crippen molar-refractivity contribution in [3.63, 3.8) is 0 Å². The Morgan fingerprint density at radius 3 is 2.56 bits per heavy atom. The second-order valence-corrected chi connectivity index (χ2v) is 6.55. The van der Waals surface area contributed by atoms with E-state index >= 15 is 0 Å². The van der Waals surface area contributed by atoms with E-state index in [9.17, 15) is 4.79 Å². The lowest BCUT2D eigenvalue weighted by atomic mass is 10.1. The standard InChI is InChI=1S/C22H28N2O3/c1-4-14-27-21-8-6-5-7-20(21)23-16-22(25)24-18-9-11-19(12-10-18)26-15-13-17(2)3/h4-12,17,23H,1,13-16H2,2-3H3,(H,24,25). The fourth-order valence-corrected chi connectivity index (χ4v) is 2.31. The van der Waals surface area contributed by atoms with Gasteiger partial charge < -0.3 is 20.1 Å². The van der Waals surface area contributed by atoms with Crippen LogP contribution in [0.15, 0.2) is 61.2 Å². The first kappa shape index (κ1) is 20.4. The number of carbonyl (C=O) groups is 1. The molecule has 2 aromatic rings. The molecule has 27 heavy (non-hydrogen) atoms. The Labute approximate surface area is 161 Å². The molecule has 0 saturated carbocycles. The van der Waals surface area contributed by atoms with E-state index in [0.717, 1.165) is 23.5 Å². The van der Waals surface area contributed by atoms with Crippen LogP contribution in [0.2, 0.25) is 0 Å². The Hall–Kier alpha value is -2.95. The minimum atomic E-state index is -0.137. The van der Waals surface area contributed by atoms with Crippen LogP contribution in [0.25, 0.3) is 0 Å². The maximum absolute atomic E-state index is 12.2. The molecule has 2 N–H and O–H groups in total. The molecule has 2 rings (SSSR count). The predicted octanol–water partition coefficient (Wildman–Crippen LogP) is 4.73. The van der Waals surface area contributed by atoms with Crippen LogP contribution < -0.4 is 20.1 Å². The quantitative estimate of drug-likeness (QED) is 0.563. The minimum absolute atomic E-state index is 0.137. The first-order valence-electron chi connectivity index (χ1n) is 9.17. The molecule has 1 amide bonds. The molecule has 0 aliphatic rings. The molecular formula is C22H28N2O3. The summed E-state index contributed by atoms with van der Waals surface area (Å²) in [5.41, 5.74) is 1.50. The lowest BCUT2D eigenvalue weighted by molar-refractivity contribution is -0.114. The molecule has 0 heterocycles. The van der Waals surface area contributed by atoms with Gasteiger partial charge in [0.15, 0.2) is 0 Å². The lowest BCUT2D eigenvalue weighted by Crippen LogP contribution is -2.22. The number of anilines is 2. The summed E-state index contributed by atoms with van der Waals surface area (Å²) in [6, 6.07) is 14.9. The summed E-state index contributed by atoms with van der Waals surface area (Å²) in [4.78, 5) is 12.2. The predicted molar refractivity (Wildman–Crippen MR) is 111 cm³/mol. The Bertz CT molecular complexity index is 727. The van der Waals surface area contributed by atoms with Gasteiger partial charge in [-0.15, -0.1) is 0 Å². The average molecular weight is 368 g/mol. The summed E-state index contributed by atoms with van der Waals surface area (Å²) in [7, 11) is 0. The van der Waals surface area contributed by atoms with Gasteiger partial charge in [0.25, 0.3) is 0 Å². The summed E-state index contributed by atoms with van der Waals surface area (Å²) in [6.45, 7) is 9.22. The van der Waals surface area contributed by atoms with Crippen LogP contribution in [0.4, 0.5) is 11.4 Å². The second-order valence-electron chi connectivity index (χ2n) is 6.55. The first-order valence-corrected chi connectivity index (χ1v) is 9.17. The highest BCUT2D eigenvalue weighted by molar-refractivity contribution is 5.94. The minimum Gasteiger partial charge on any atom is -0.494 e. The van der Waals surface area contributed by atoms with Crippen molar-refractivity contribution in [3.05, 3.63) is 61.2 Å². The van der Waals surface area contributed by atoms with Gasteiger partial charge in [-0.25, -0.2) is 0 Å². The molecule has 2 aromatic carbocycles. The molecule has 0 unspecified atom stereocenters. The lowest BCUT2D eigenvalue weighted by Gasteiger charge is -2.12. The summed E-state index contributed by atoms with van der Waals surface area (Å²) < 4.78 is 11.3. The van der Waals surface area contributed by atoms with E-state index in [1.807, 2.05) is 48.5 Å². The van der Waals surface area contributed by atoms with Crippen molar-refractivity contribution in [1.82, 2.24) is 0 Å². The van der Waals surface area contributed by atoms with Crippen LogP contribution in [0, 0.1) is 5.92 Å². The molecule has 5 nitrogen and oxygen atoms in total. The van der Waals surface area contributed by atoms with Crippen LogP contribution in [0.3, 0.4) is 0 Å². The number of nitrogens with one attached hydrogen (secondary N) is 2. The van der Waals surface area contributed by atoms with E-state index in [-0.39, 0.29) is 12.5 Å². The number of benzene rings is 2. The zero-order valence-corrected chi connectivity index (χ0v) is 16.0. The van der Waals surface area contributed by atoms with Crippen molar-refractivity contribution in [2.45, 2.75) is 20.3 Å². The fourth-order valence-electron chi connectivity index (χ4n) is 2.31. The highest BCUT2D eigenvalue weighted by atomic mass is 16.5. The number of amides is 1. The van der Waals surface area contributed by atoms with Crippen molar-refractivity contribution < 1.29 is 14.3 Å². The second kappa shape index (κ2) is 10.9. The number of hydrogen-bond donors (Lipinski definition) is 2. The van der Waals surface area contributed by atoms with Crippen molar-refractivity contribution in [2.24, 2.45) is 5.92 Å². The van der Waals surface area contributed by atoms with Gasteiger partial charge in [0.05, 0.1) is 18.8 Å². The van der Waals surface area contributed by atoms with Gasteiger partial charge in [-0.05, 0) is 48.7 Å². The number of carbonyl (C=O) groups excluding carboxylic acids is 1. The van der Waals surface area contributed by atoms with Gasteiger partial charge in [0, 0.05) is 5.69 Å². The molecular weight excluding hydrogens is 340 g/mol. The fraction of sp³-hybridized carbons (Fsp3) is 0.318. The third-order valence-corrected chi connectivity index (χ3v) is 3.79. The number of ether oxygens (including phenoxy) is 2. The summed E-state index contributed by atoms with van der Waals surface area (Å²) in [5, 5.41) is 5.96. The van der Waals surface area contributed by atoms with E-state index in [1.54, 1.807) is 6.08 Å². The largest absolute Gasteiger partial charge is 0.494 e. The van der Waals surface area contributed by atoms with Gasteiger partial charge >= 0.3 is 0 Å². The SMILES string of the molecule is C=CCOc1ccccc1NCC(=O)Nc1ccc(OCCC(C)C)cc1. The molecule has 0 fully saturated rings. The van der Waals surface area contributed by atoms with Gasteiger partial charge in [-0.2, -0.15) is 0 Å². The van der Waals surface area contributed by atoms with Crippen LogP contribution in [-0.2, 0) is 4.79 Å². The molecule has 144 valence electrons. The zero-order chi connectivity index (χ0) is 19.5. The molecule has 0 bridgehead atoms. The van der Waals surface area contributed by atoms with Crippen molar-refractivity contribution >= 4 is 17.3 Å². The van der Waals surface area contributed by atoms with Crippen molar-refractivity contribution in [2.75, 3.05) is 30.4 Å². The summed E-state index contributed by atoms with van der Waals surface area (Å²) >= 11 is 0. The molecule has 0 aromatic heterocycles. The maximum Gasteiger partial charge on any atom is 0.243 e. The summed E-state index contributed by atoms with van der Waals surface area (Å²) in [5.74, 6) is 1.97. The van der Waals surface area contributed by atoms with E-state index < -0.39 is 0 Å². The highest BCUT2D eigenvalue weighted by Gasteiger charge is 2.06. The van der Waals surface area contributed by atoms with Gasteiger partial charge in [-0.1, -0.05) is 38.6 Å². The maximum atomic E-state index is 12.2. The Kier molecular flexibility index (Phi) is 8.23. The van der Waals surface area contributed by atoms with E-state index in [1.165, 1.54) is 0 Å². The zero-order valence-electron chi connectivity index (χ0n) is 16.0. The number of rotatable bonds is 11. The van der Waals surface area contributed by atoms with Crippen molar-refractivity contribution in [3.8, 4) is 11.5 Å². The van der Waals surface area contributed by atoms with Gasteiger partial charge in [-0.3, -0.25) is 4.79 Å². The topological polar surface area (TPSA) is 59.6 Å². The third-order valence-electron chi connectivity index (χ3n) is 3.79. The Balaban J connectivity index is 1.81. The molecule has 0 aliphatic carbocycles. The number of para-hydroxylation sites is 2. The Morgan fingerprint density at radius 1 is 1.11 bits per heavy atom. The average Bonchev–Trinajstić information content (AvgIpc) is 2.66. The monoisotopic (exact) mass is 368 g/mol. The third kappa shape index (κ3) is 7.44. The molecule has 5 heteroatoms. The van der Waals surface area contributed by atoms with Crippen LogP contribution in [0.5, 0.6) is 11.5 Å². The van der Waals surface area contributed by atoms with Gasteiger partial charge in [0.2, 0.25) is 5.91 Å². The van der Waals surface area contributed by atoms with E-state index in [2.05, 4.69) is 31.1 Å². The smallest absolute Gasteiger partial charge is 0.243 e. The Morgan fingerprint density at radius 2 is 1.85 bits per heavy atom. The highest BCUT2D eigenvalue weighted by Crippen LogP contribution is 2.23. The molecule has 0 saturated heterocycles. The summed E-state index contributed by atoms with van der Waals surface area (Å²) in [6.07, 6.45) is 2.70. The van der Waals surface area contributed by atoms with Crippen LogP contribution in [0.1, 0.15) is 20.3 Å². The van der Waals surface area contributed by atoms with E-state index in [4.69, 9.17) is 9.47 Å². The molecule has 0 spiro atoms. The van der Waals surface area contributed by atoms with Crippen molar-refractivity contribution in [1.29, 1.82) is 0 Å². The molecule has 0 radical (unpaired) electrons. The van der Waals surface area contributed by atoms with Crippen LogP contribution in [-0.4, -0.2) is 25.7 Å². The normalized spacial score (nSPS) is 10.3.